The lowest BCUT2D eigenvalue weighted by molar-refractivity contribution is 0.672. The third-order valence-electron chi connectivity index (χ3n) is 10.2. The minimum absolute atomic E-state index is 0.610. The van der Waals surface area contributed by atoms with E-state index in [2.05, 4.69) is 109 Å². The smallest absolute Gasteiger partial charge is 0.164 e. The van der Waals surface area contributed by atoms with E-state index in [1.807, 2.05) is 72.0 Å². The first-order valence-corrected chi connectivity index (χ1v) is 18.7. The van der Waals surface area contributed by atoms with Gasteiger partial charge in [0.2, 0.25) is 0 Å². The number of fused-ring (bicyclic) bond motifs is 8. The highest BCUT2D eigenvalue weighted by atomic mass is 32.1. The molecule has 0 bridgehead atoms. The average molecular weight is 709 g/mol. The number of nitrogens with zero attached hydrogens (tertiary/aromatic N) is 4. The molecule has 0 saturated carbocycles. The number of benzene rings is 7. The van der Waals surface area contributed by atoms with Crippen molar-refractivity contribution < 1.29 is 4.42 Å². The van der Waals surface area contributed by atoms with Crippen LogP contribution < -0.4 is 0 Å². The molecule has 0 aliphatic rings. The van der Waals surface area contributed by atoms with Gasteiger partial charge in [0.1, 0.15) is 11.1 Å². The van der Waals surface area contributed by atoms with Crippen molar-refractivity contribution in [3.05, 3.63) is 170 Å². The molecule has 0 aliphatic heterocycles. The molecule has 0 spiro atoms. The molecule has 0 unspecified atom stereocenters. The Morgan fingerprint density at radius 3 is 1.63 bits per heavy atom. The van der Waals surface area contributed by atoms with Crippen LogP contribution in [0.4, 0.5) is 0 Å². The molecule has 0 atom stereocenters. The number of thiophene rings is 1. The fourth-order valence-corrected chi connectivity index (χ4v) is 8.74. The van der Waals surface area contributed by atoms with Crippen molar-refractivity contribution in [2.45, 2.75) is 0 Å². The molecule has 0 amide bonds. The van der Waals surface area contributed by atoms with Crippen LogP contribution in [-0.2, 0) is 0 Å². The normalized spacial score (nSPS) is 11.7. The fraction of sp³-hybridized carbons (Fsp3) is 0. The van der Waals surface area contributed by atoms with Crippen molar-refractivity contribution in [1.82, 2.24) is 19.9 Å². The molecule has 11 aromatic rings. The maximum Gasteiger partial charge on any atom is 0.164 e. The third-order valence-corrected chi connectivity index (χ3v) is 11.4. The van der Waals surface area contributed by atoms with Crippen molar-refractivity contribution in [2.24, 2.45) is 0 Å². The van der Waals surface area contributed by atoms with Gasteiger partial charge in [-0.15, -0.1) is 11.3 Å². The van der Waals surface area contributed by atoms with Gasteiger partial charge in [0, 0.05) is 58.6 Å². The monoisotopic (exact) mass is 708 g/mol. The van der Waals surface area contributed by atoms with Gasteiger partial charge in [-0.2, -0.15) is 0 Å². The van der Waals surface area contributed by atoms with Crippen LogP contribution >= 0.6 is 11.3 Å². The number of hydrogen-bond acceptors (Lipinski definition) is 6. The van der Waals surface area contributed by atoms with E-state index in [1.165, 1.54) is 25.7 Å². The van der Waals surface area contributed by atoms with Gasteiger partial charge in [-0.05, 0) is 29.3 Å². The Balaban J connectivity index is 0.999. The van der Waals surface area contributed by atoms with Crippen molar-refractivity contribution >= 4 is 64.4 Å². The quantitative estimate of drug-likeness (QED) is 0.178. The largest absolute Gasteiger partial charge is 0.454 e. The zero-order valence-corrected chi connectivity index (χ0v) is 29.6. The predicted octanol–water partition coefficient (Wildman–Crippen LogP) is 13.0. The molecule has 54 heavy (non-hydrogen) atoms. The summed E-state index contributed by atoms with van der Waals surface area (Å²) in [7, 11) is 0. The molecule has 0 radical (unpaired) electrons. The van der Waals surface area contributed by atoms with Gasteiger partial charge in [0.25, 0.3) is 0 Å². The number of aromatic nitrogens is 4. The highest BCUT2D eigenvalue weighted by Gasteiger charge is 2.18. The van der Waals surface area contributed by atoms with Crippen LogP contribution in [0.15, 0.2) is 174 Å². The lowest BCUT2D eigenvalue weighted by Gasteiger charge is -2.11. The van der Waals surface area contributed by atoms with E-state index in [1.54, 1.807) is 0 Å². The van der Waals surface area contributed by atoms with Crippen LogP contribution in [0.25, 0.3) is 110 Å². The van der Waals surface area contributed by atoms with Gasteiger partial charge < -0.3 is 4.42 Å². The molecule has 6 heteroatoms. The summed E-state index contributed by atoms with van der Waals surface area (Å²) >= 11 is 1.84. The molecule has 252 valence electrons. The lowest BCUT2D eigenvalue weighted by Crippen LogP contribution is -2.00. The molecular formula is C48H28N4OS. The predicted molar refractivity (Wildman–Crippen MR) is 222 cm³/mol. The Hall–Kier alpha value is -7.02. The zero-order valence-electron chi connectivity index (χ0n) is 28.8. The number of hydrogen-bond donors (Lipinski definition) is 0. The highest BCUT2D eigenvalue weighted by Crippen LogP contribution is 2.41. The summed E-state index contributed by atoms with van der Waals surface area (Å²) in [6, 6.07) is 58.6. The standard InChI is InChI=1S/C48H28N4OS/c1-2-11-31(12-3-1)46-50-47(32-25-21-29(22-26-32)34-17-10-18-38-35-13-7-9-20-41(35)54-45(34)38)52-48(51-46)33-27-23-30(24-28-33)42-36-14-4-5-15-37(36)44-43(49-42)39-16-6-8-19-40(39)53-44/h1-28H. The van der Waals surface area contributed by atoms with Crippen LogP contribution in [0.2, 0.25) is 0 Å². The van der Waals surface area contributed by atoms with E-state index >= 15 is 0 Å². The first-order valence-electron chi connectivity index (χ1n) is 17.9. The van der Waals surface area contributed by atoms with E-state index in [4.69, 9.17) is 24.4 Å². The second kappa shape index (κ2) is 12.3. The summed E-state index contributed by atoms with van der Waals surface area (Å²) in [5, 5.41) is 5.67. The maximum atomic E-state index is 6.30. The second-order valence-electron chi connectivity index (χ2n) is 13.4. The van der Waals surface area contributed by atoms with Gasteiger partial charge >= 0.3 is 0 Å². The van der Waals surface area contributed by atoms with Crippen molar-refractivity contribution in [3.8, 4) is 56.5 Å². The zero-order chi connectivity index (χ0) is 35.6. The van der Waals surface area contributed by atoms with Gasteiger partial charge in [-0.25, -0.2) is 19.9 Å². The summed E-state index contributed by atoms with van der Waals surface area (Å²) in [6.45, 7) is 0. The molecule has 0 aliphatic carbocycles. The van der Waals surface area contributed by atoms with E-state index < -0.39 is 0 Å². The molecule has 7 aromatic carbocycles. The van der Waals surface area contributed by atoms with E-state index in [-0.39, 0.29) is 0 Å². The Morgan fingerprint density at radius 2 is 0.907 bits per heavy atom. The molecule has 5 nitrogen and oxygen atoms in total. The summed E-state index contributed by atoms with van der Waals surface area (Å²) < 4.78 is 8.90. The van der Waals surface area contributed by atoms with Gasteiger partial charge in [-0.3, -0.25) is 0 Å². The SMILES string of the molecule is c1ccc(-c2nc(-c3ccc(-c4nc5c6ccccc6oc5c5ccccc45)cc3)nc(-c3ccc(-c4cccc5c4sc4ccccc45)cc3)n2)cc1. The lowest BCUT2D eigenvalue weighted by atomic mass is 10.0. The Labute approximate surface area is 313 Å². The summed E-state index contributed by atoms with van der Waals surface area (Å²) in [6.07, 6.45) is 0. The molecule has 4 heterocycles. The van der Waals surface area contributed by atoms with Gasteiger partial charge in [-0.1, -0.05) is 152 Å². The average Bonchev–Trinajstić information content (AvgIpc) is 3.83. The Morgan fingerprint density at radius 1 is 0.370 bits per heavy atom. The molecule has 0 saturated heterocycles. The van der Waals surface area contributed by atoms with E-state index in [0.717, 1.165) is 66.4 Å². The van der Waals surface area contributed by atoms with Crippen LogP contribution in [0, 0.1) is 0 Å². The summed E-state index contributed by atoms with van der Waals surface area (Å²) in [5.41, 5.74) is 9.56. The van der Waals surface area contributed by atoms with Crippen LogP contribution in [-0.4, -0.2) is 19.9 Å². The summed E-state index contributed by atoms with van der Waals surface area (Å²) in [4.78, 5) is 20.2. The second-order valence-corrected chi connectivity index (χ2v) is 14.4. The van der Waals surface area contributed by atoms with Crippen molar-refractivity contribution in [2.75, 3.05) is 0 Å². The first kappa shape index (κ1) is 30.6. The van der Waals surface area contributed by atoms with Crippen molar-refractivity contribution in [1.29, 1.82) is 0 Å². The van der Waals surface area contributed by atoms with E-state index in [0.29, 0.717) is 17.5 Å². The van der Waals surface area contributed by atoms with Crippen molar-refractivity contribution in [3.63, 3.8) is 0 Å². The minimum atomic E-state index is 0.610. The van der Waals surface area contributed by atoms with Gasteiger partial charge in [0.15, 0.2) is 23.1 Å². The topological polar surface area (TPSA) is 64.7 Å². The third kappa shape index (κ3) is 4.99. The van der Waals surface area contributed by atoms with Crippen LogP contribution in [0.1, 0.15) is 0 Å². The Bertz CT molecular complexity index is 3200. The highest BCUT2D eigenvalue weighted by molar-refractivity contribution is 7.26. The first-order chi connectivity index (χ1) is 26.7. The molecule has 4 aromatic heterocycles. The van der Waals surface area contributed by atoms with Crippen LogP contribution in [0.3, 0.4) is 0 Å². The number of furan rings is 1. The van der Waals surface area contributed by atoms with Gasteiger partial charge in [0.05, 0.1) is 5.69 Å². The molecule has 0 N–H and O–H groups in total. The number of pyridine rings is 1. The van der Waals surface area contributed by atoms with E-state index in [9.17, 15) is 0 Å². The molecule has 0 fully saturated rings. The maximum absolute atomic E-state index is 6.30. The Kier molecular flexibility index (Phi) is 6.97. The molecular weight excluding hydrogens is 681 g/mol. The number of rotatable bonds is 5. The fourth-order valence-electron chi connectivity index (χ4n) is 7.51. The van der Waals surface area contributed by atoms with Crippen LogP contribution in [0.5, 0.6) is 0 Å². The summed E-state index contributed by atoms with van der Waals surface area (Å²) in [5.74, 6) is 1.86. The number of para-hydroxylation sites is 1. The molecule has 11 rings (SSSR count). The minimum Gasteiger partial charge on any atom is -0.454 e.